The summed E-state index contributed by atoms with van der Waals surface area (Å²) in [6.45, 7) is 0.455. The zero-order valence-electron chi connectivity index (χ0n) is 16.3. The first-order valence-electron chi connectivity index (χ1n) is 9.24. The van der Waals surface area contributed by atoms with E-state index in [-0.39, 0.29) is 23.5 Å². The summed E-state index contributed by atoms with van der Waals surface area (Å²) in [6.07, 6.45) is -2.79. The average Bonchev–Trinajstić information content (AvgIpc) is 2.73. The number of aromatic nitrogens is 3. The molecule has 0 spiro atoms. The summed E-state index contributed by atoms with van der Waals surface area (Å²) in [5.74, 6) is -0.117. The number of rotatable bonds is 4. The van der Waals surface area contributed by atoms with Gasteiger partial charge in [0.05, 0.1) is 24.5 Å². The molecule has 0 saturated carbocycles. The number of hydrogen-bond acceptors (Lipinski definition) is 6. The summed E-state index contributed by atoms with van der Waals surface area (Å²) in [4.78, 5) is 25.4. The second-order valence-electron chi connectivity index (χ2n) is 6.83. The Morgan fingerprint density at radius 1 is 1.10 bits per heavy atom. The zero-order chi connectivity index (χ0) is 22.2. The molecule has 162 valence electrons. The molecule has 0 saturated heterocycles. The van der Waals surface area contributed by atoms with Gasteiger partial charge in [0.15, 0.2) is 5.82 Å². The molecule has 0 aliphatic carbocycles. The molecule has 3 aromatic rings. The lowest BCUT2D eigenvalue weighted by Crippen LogP contribution is -2.31. The van der Waals surface area contributed by atoms with E-state index in [0.717, 1.165) is 16.8 Å². The molecule has 0 atom stereocenters. The fourth-order valence-electron chi connectivity index (χ4n) is 3.26. The first-order chi connectivity index (χ1) is 14.7. The average molecular weight is 434 g/mol. The number of hydrogen-bond donors (Lipinski definition) is 1. The molecule has 1 aliphatic rings. The van der Waals surface area contributed by atoms with Gasteiger partial charge in [-0.2, -0.15) is 4.68 Å². The van der Waals surface area contributed by atoms with E-state index in [9.17, 15) is 22.8 Å². The van der Waals surface area contributed by atoms with Crippen molar-refractivity contribution in [3.63, 3.8) is 0 Å². The Bertz CT molecular complexity index is 1230. The Labute approximate surface area is 173 Å². The molecule has 0 bridgehead atoms. The molecule has 0 unspecified atom stereocenters. The van der Waals surface area contributed by atoms with Crippen LogP contribution in [0.2, 0.25) is 0 Å². The molecule has 31 heavy (non-hydrogen) atoms. The van der Waals surface area contributed by atoms with E-state index in [4.69, 9.17) is 4.74 Å². The van der Waals surface area contributed by atoms with Crippen molar-refractivity contribution < 1.29 is 22.6 Å². The van der Waals surface area contributed by atoms with Crippen LogP contribution in [0.25, 0.3) is 5.69 Å². The quantitative estimate of drug-likeness (QED) is 0.680. The highest BCUT2D eigenvalue weighted by atomic mass is 19.4. The zero-order valence-corrected chi connectivity index (χ0v) is 16.3. The molecule has 1 aliphatic heterocycles. The molecular weight excluding hydrogens is 417 g/mol. The lowest BCUT2D eigenvalue weighted by molar-refractivity contribution is -0.274. The number of nitrogens with zero attached hydrogens (tertiary/aromatic N) is 3. The maximum atomic E-state index is 13.0. The third-order valence-corrected chi connectivity index (χ3v) is 4.73. The van der Waals surface area contributed by atoms with Crippen molar-refractivity contribution in [1.82, 2.24) is 14.3 Å². The van der Waals surface area contributed by atoms with Crippen LogP contribution in [0.4, 0.5) is 24.7 Å². The van der Waals surface area contributed by atoms with Gasteiger partial charge in [-0.25, -0.2) is 0 Å². The molecule has 0 fully saturated rings. The van der Waals surface area contributed by atoms with Gasteiger partial charge in [0.1, 0.15) is 11.4 Å². The van der Waals surface area contributed by atoms with E-state index in [0.29, 0.717) is 30.0 Å². The van der Waals surface area contributed by atoms with E-state index >= 15 is 0 Å². The lowest BCUT2D eigenvalue weighted by Gasteiger charge is -2.21. The predicted molar refractivity (Wildman–Crippen MR) is 105 cm³/mol. The normalized spacial score (nSPS) is 13.5. The maximum absolute atomic E-state index is 13.0. The standard InChI is InChI=1S/C20H17F3N4O4/c1-26-9-2-3-16(19(26)29)24-17-14-8-10-30-11-15(14)18(28)27(25-17)12-4-6-13(7-5-12)31-20(21,22)23/h2-7,9H,8,10-11H2,1H3,(H,24,25). The van der Waals surface area contributed by atoms with E-state index in [1.165, 1.54) is 16.7 Å². The van der Waals surface area contributed by atoms with Crippen LogP contribution >= 0.6 is 0 Å². The molecule has 11 heteroatoms. The van der Waals surface area contributed by atoms with Crippen molar-refractivity contribution in [3.05, 3.63) is 74.4 Å². The van der Waals surface area contributed by atoms with Gasteiger partial charge in [0.2, 0.25) is 0 Å². The fraction of sp³-hybridized carbons (Fsp3) is 0.250. The van der Waals surface area contributed by atoms with Crippen LogP contribution in [0, 0.1) is 0 Å². The summed E-state index contributed by atoms with van der Waals surface area (Å²) in [6, 6.07) is 8.04. The van der Waals surface area contributed by atoms with Crippen LogP contribution in [0.1, 0.15) is 11.1 Å². The molecular formula is C20H17F3N4O4. The fourth-order valence-corrected chi connectivity index (χ4v) is 3.26. The number of pyridine rings is 1. The second kappa shape index (κ2) is 7.91. The van der Waals surface area contributed by atoms with E-state index in [1.54, 1.807) is 25.4 Å². The summed E-state index contributed by atoms with van der Waals surface area (Å²) in [5, 5.41) is 7.34. The largest absolute Gasteiger partial charge is 0.573 e. The second-order valence-corrected chi connectivity index (χ2v) is 6.83. The molecule has 0 radical (unpaired) electrons. The molecule has 3 heterocycles. The molecule has 1 aromatic carbocycles. The lowest BCUT2D eigenvalue weighted by atomic mass is 10.1. The highest BCUT2D eigenvalue weighted by Gasteiger charge is 2.31. The van der Waals surface area contributed by atoms with E-state index in [1.807, 2.05) is 0 Å². The summed E-state index contributed by atoms with van der Waals surface area (Å²) >= 11 is 0. The molecule has 4 rings (SSSR count). The van der Waals surface area contributed by atoms with E-state index < -0.39 is 17.7 Å². The SMILES string of the molecule is Cn1cccc(Nc2nn(-c3ccc(OC(F)(F)F)cc3)c(=O)c3c2CCOC3)c1=O. The number of ether oxygens (including phenoxy) is 2. The first-order valence-corrected chi connectivity index (χ1v) is 9.24. The van der Waals surface area contributed by atoms with Crippen LogP contribution in [-0.4, -0.2) is 27.3 Å². The number of anilines is 2. The van der Waals surface area contributed by atoms with Gasteiger partial charge in [-0.05, 0) is 36.4 Å². The Kier molecular flexibility index (Phi) is 5.27. The van der Waals surface area contributed by atoms with Gasteiger partial charge >= 0.3 is 6.36 Å². The number of nitrogens with one attached hydrogen (secondary N) is 1. The molecule has 2 aromatic heterocycles. The third-order valence-electron chi connectivity index (χ3n) is 4.73. The topological polar surface area (TPSA) is 87.4 Å². The van der Waals surface area contributed by atoms with Gasteiger partial charge in [0, 0.05) is 25.2 Å². The van der Waals surface area contributed by atoms with Gasteiger partial charge < -0.3 is 19.4 Å². The van der Waals surface area contributed by atoms with Crippen molar-refractivity contribution in [2.75, 3.05) is 11.9 Å². The van der Waals surface area contributed by atoms with Gasteiger partial charge in [0.25, 0.3) is 11.1 Å². The summed E-state index contributed by atoms with van der Waals surface area (Å²) in [5.41, 5.74) is 0.770. The molecule has 1 N–H and O–H groups in total. The smallest absolute Gasteiger partial charge is 0.406 e. The Morgan fingerprint density at radius 3 is 2.55 bits per heavy atom. The van der Waals surface area contributed by atoms with Crippen molar-refractivity contribution in [3.8, 4) is 11.4 Å². The van der Waals surface area contributed by atoms with Crippen molar-refractivity contribution in [1.29, 1.82) is 0 Å². The third kappa shape index (κ3) is 4.31. The number of benzene rings is 1. The van der Waals surface area contributed by atoms with Crippen LogP contribution in [0.5, 0.6) is 5.75 Å². The number of aryl methyl sites for hydroxylation is 1. The summed E-state index contributed by atoms with van der Waals surface area (Å²) < 4.78 is 48.9. The maximum Gasteiger partial charge on any atom is 0.573 e. The van der Waals surface area contributed by atoms with E-state index in [2.05, 4.69) is 15.2 Å². The van der Waals surface area contributed by atoms with Crippen molar-refractivity contribution in [2.24, 2.45) is 7.05 Å². The predicted octanol–water partition coefficient (Wildman–Crippen LogP) is 2.65. The monoisotopic (exact) mass is 434 g/mol. The highest BCUT2D eigenvalue weighted by Crippen LogP contribution is 2.26. The molecule has 8 nitrogen and oxygen atoms in total. The minimum Gasteiger partial charge on any atom is -0.406 e. The molecule has 0 amide bonds. The van der Waals surface area contributed by atoms with Gasteiger partial charge in [-0.3, -0.25) is 9.59 Å². The Morgan fingerprint density at radius 2 is 1.84 bits per heavy atom. The van der Waals surface area contributed by atoms with Crippen molar-refractivity contribution >= 4 is 11.5 Å². The number of alkyl halides is 3. The Balaban J connectivity index is 1.79. The first kappa shape index (κ1) is 20.7. The van der Waals surface area contributed by atoms with Crippen LogP contribution in [0.15, 0.2) is 52.2 Å². The van der Waals surface area contributed by atoms with Crippen molar-refractivity contribution in [2.45, 2.75) is 19.4 Å². The van der Waals surface area contributed by atoms with Crippen LogP contribution in [-0.2, 0) is 24.8 Å². The Hall–Kier alpha value is -3.60. The van der Waals surface area contributed by atoms with Crippen LogP contribution in [0.3, 0.4) is 0 Å². The van der Waals surface area contributed by atoms with Gasteiger partial charge in [-0.1, -0.05) is 0 Å². The van der Waals surface area contributed by atoms with Crippen LogP contribution < -0.4 is 21.2 Å². The summed E-state index contributed by atoms with van der Waals surface area (Å²) in [7, 11) is 1.61. The highest BCUT2D eigenvalue weighted by molar-refractivity contribution is 5.60. The number of fused-ring (bicyclic) bond motifs is 1. The number of halogens is 3. The van der Waals surface area contributed by atoms with Gasteiger partial charge in [-0.15, -0.1) is 18.3 Å². The minimum atomic E-state index is -4.82. The minimum absolute atomic E-state index is 0.0629.